The van der Waals surface area contributed by atoms with Crippen molar-refractivity contribution in [2.45, 2.75) is 19.1 Å². The normalized spacial score (nSPS) is 42.9. The van der Waals surface area contributed by atoms with Gasteiger partial charge in [0.25, 0.3) is 0 Å². The first-order valence-electron chi connectivity index (χ1n) is 4.91. The molecule has 2 rings (SSSR count). The molecule has 1 aliphatic heterocycles. The summed E-state index contributed by atoms with van der Waals surface area (Å²) in [6, 6.07) is 0. The highest BCUT2D eigenvalue weighted by atomic mass is 16.6. The highest BCUT2D eigenvalue weighted by Crippen LogP contribution is 2.47. The molecule has 1 spiro atoms. The van der Waals surface area contributed by atoms with Crippen LogP contribution in [-0.4, -0.2) is 34.2 Å². The average Bonchev–Trinajstić information content (AvgIpc) is 2.45. The number of rotatable bonds is 0. The van der Waals surface area contributed by atoms with E-state index in [1.807, 2.05) is 0 Å². The number of aliphatic hydroxyl groups excluding tert-OH is 2. The topological polar surface area (TPSA) is 83.8 Å². The molecule has 0 bridgehead atoms. The minimum atomic E-state index is -1.64. The Balaban J connectivity index is 2.58. The predicted molar refractivity (Wildman–Crippen MR) is 53.0 cm³/mol. The van der Waals surface area contributed by atoms with Gasteiger partial charge >= 0.3 is 5.97 Å². The molecule has 0 aromatic carbocycles. The van der Waals surface area contributed by atoms with E-state index in [-0.39, 0.29) is 5.76 Å². The van der Waals surface area contributed by atoms with Crippen LogP contribution in [-0.2, 0) is 14.3 Å². The van der Waals surface area contributed by atoms with Gasteiger partial charge in [-0.2, -0.15) is 0 Å². The number of aliphatic hydroxyl groups is 2. The van der Waals surface area contributed by atoms with Gasteiger partial charge in [0, 0.05) is 0 Å². The molecule has 4 atom stereocenters. The fourth-order valence-electron chi connectivity index (χ4n) is 2.31. The molecule has 0 amide bonds. The summed E-state index contributed by atoms with van der Waals surface area (Å²) in [6.45, 7) is 5.02. The highest BCUT2D eigenvalue weighted by molar-refractivity contribution is 6.01. The van der Waals surface area contributed by atoms with Crippen molar-refractivity contribution < 1.29 is 24.5 Å². The van der Waals surface area contributed by atoms with Gasteiger partial charge in [-0.1, -0.05) is 19.6 Å². The van der Waals surface area contributed by atoms with Crippen LogP contribution < -0.4 is 0 Å². The zero-order valence-corrected chi connectivity index (χ0v) is 8.71. The summed E-state index contributed by atoms with van der Waals surface area (Å²) >= 11 is 0. The largest absolute Gasteiger partial charge is 0.428 e. The maximum atomic E-state index is 11.7. The standard InChI is InChI=1S/C11H12O5/c1-5-3-4-7(12)9(14)11(5)8(13)6(2)16-10(11)15/h3-5,8-9,13-14H,2H2,1H3/t5-,8+,9+,11-/m1/s1. The summed E-state index contributed by atoms with van der Waals surface area (Å²) in [5.74, 6) is -2.03. The van der Waals surface area contributed by atoms with Gasteiger partial charge in [0.1, 0.15) is 23.4 Å². The van der Waals surface area contributed by atoms with Crippen LogP contribution in [0.4, 0.5) is 0 Å². The van der Waals surface area contributed by atoms with E-state index in [1.54, 1.807) is 6.92 Å². The van der Waals surface area contributed by atoms with Crippen LogP contribution >= 0.6 is 0 Å². The second kappa shape index (κ2) is 3.26. The van der Waals surface area contributed by atoms with Gasteiger partial charge in [0.15, 0.2) is 5.78 Å². The lowest BCUT2D eigenvalue weighted by molar-refractivity contribution is -0.163. The Labute approximate surface area is 92.0 Å². The number of hydrogen-bond acceptors (Lipinski definition) is 5. The first-order valence-corrected chi connectivity index (χ1v) is 4.91. The number of allylic oxidation sites excluding steroid dienone is 1. The van der Waals surface area contributed by atoms with Gasteiger partial charge in [-0.05, 0) is 12.0 Å². The second-order valence-corrected chi connectivity index (χ2v) is 4.14. The number of ether oxygens (including phenoxy) is 1. The van der Waals surface area contributed by atoms with Gasteiger partial charge in [0.2, 0.25) is 0 Å². The number of esters is 1. The second-order valence-electron chi connectivity index (χ2n) is 4.14. The zero-order valence-electron chi connectivity index (χ0n) is 8.71. The lowest BCUT2D eigenvalue weighted by Gasteiger charge is -2.37. The molecular formula is C11H12O5. The number of carbonyl (C=O) groups is 2. The Morgan fingerprint density at radius 3 is 2.50 bits per heavy atom. The van der Waals surface area contributed by atoms with E-state index >= 15 is 0 Å². The SMILES string of the molecule is C=C1OC(=O)[C@]2([C@H](C)C=CC(=O)[C@@H]2O)[C@H]1O. The molecule has 5 nitrogen and oxygen atoms in total. The van der Waals surface area contributed by atoms with Gasteiger partial charge in [-0.25, -0.2) is 0 Å². The van der Waals surface area contributed by atoms with Gasteiger partial charge in [-0.15, -0.1) is 0 Å². The van der Waals surface area contributed by atoms with Crippen molar-refractivity contribution in [1.29, 1.82) is 0 Å². The molecule has 1 aliphatic carbocycles. The maximum Gasteiger partial charge on any atom is 0.324 e. The van der Waals surface area contributed by atoms with Crippen LogP contribution in [0.5, 0.6) is 0 Å². The first-order chi connectivity index (χ1) is 7.42. The van der Waals surface area contributed by atoms with Crippen LogP contribution in [0.2, 0.25) is 0 Å². The molecule has 1 fully saturated rings. The predicted octanol–water partition coefficient (Wildman–Crippen LogP) is -0.460. The van der Waals surface area contributed by atoms with Crippen LogP contribution in [0, 0.1) is 11.3 Å². The molecule has 1 heterocycles. The Morgan fingerprint density at radius 1 is 1.38 bits per heavy atom. The molecular weight excluding hydrogens is 212 g/mol. The van der Waals surface area contributed by atoms with Crippen molar-refractivity contribution in [3.63, 3.8) is 0 Å². The van der Waals surface area contributed by atoms with Gasteiger partial charge < -0.3 is 14.9 Å². The van der Waals surface area contributed by atoms with Gasteiger partial charge in [0.05, 0.1) is 0 Å². The first kappa shape index (κ1) is 11.0. The summed E-state index contributed by atoms with van der Waals surface area (Å²) < 4.78 is 4.73. The molecule has 0 aromatic rings. The Kier molecular flexibility index (Phi) is 2.25. The molecule has 86 valence electrons. The molecule has 2 aliphatic rings. The minimum absolute atomic E-state index is 0.126. The Bertz CT molecular complexity index is 411. The van der Waals surface area contributed by atoms with Crippen molar-refractivity contribution in [3.8, 4) is 0 Å². The number of cyclic esters (lactones) is 1. The van der Waals surface area contributed by atoms with E-state index < -0.39 is 35.3 Å². The number of carbonyl (C=O) groups excluding carboxylic acids is 2. The van der Waals surface area contributed by atoms with Crippen molar-refractivity contribution in [2.24, 2.45) is 11.3 Å². The fraction of sp³-hybridized carbons (Fsp3) is 0.455. The lowest BCUT2D eigenvalue weighted by Crippen LogP contribution is -2.55. The van der Waals surface area contributed by atoms with Crippen LogP contribution in [0.25, 0.3) is 0 Å². The van der Waals surface area contributed by atoms with Gasteiger partial charge in [-0.3, -0.25) is 9.59 Å². The van der Waals surface area contributed by atoms with Crippen LogP contribution in [0.1, 0.15) is 6.92 Å². The Morgan fingerprint density at radius 2 is 2.00 bits per heavy atom. The van der Waals surface area contributed by atoms with E-state index in [0.717, 1.165) is 0 Å². The summed E-state index contributed by atoms with van der Waals surface area (Å²) in [6.07, 6.45) is -0.257. The van der Waals surface area contributed by atoms with E-state index in [1.165, 1.54) is 12.2 Å². The number of ketones is 1. The van der Waals surface area contributed by atoms with Crippen molar-refractivity contribution >= 4 is 11.8 Å². The van der Waals surface area contributed by atoms with Crippen LogP contribution in [0.15, 0.2) is 24.5 Å². The average molecular weight is 224 g/mol. The molecule has 0 aromatic heterocycles. The van der Waals surface area contributed by atoms with E-state index in [4.69, 9.17) is 4.74 Å². The summed E-state index contributed by atoms with van der Waals surface area (Å²) in [4.78, 5) is 23.2. The summed E-state index contributed by atoms with van der Waals surface area (Å²) in [5, 5.41) is 19.8. The summed E-state index contributed by atoms with van der Waals surface area (Å²) in [5.41, 5.74) is -1.64. The zero-order chi connectivity index (χ0) is 12.1. The van der Waals surface area contributed by atoms with Crippen molar-refractivity contribution in [3.05, 3.63) is 24.5 Å². The van der Waals surface area contributed by atoms with Crippen molar-refractivity contribution in [2.75, 3.05) is 0 Å². The third-order valence-corrected chi connectivity index (χ3v) is 3.36. The number of hydrogen-bond donors (Lipinski definition) is 2. The summed E-state index contributed by atoms with van der Waals surface area (Å²) in [7, 11) is 0. The fourth-order valence-corrected chi connectivity index (χ4v) is 2.31. The minimum Gasteiger partial charge on any atom is -0.428 e. The van der Waals surface area contributed by atoms with Crippen molar-refractivity contribution in [1.82, 2.24) is 0 Å². The third-order valence-electron chi connectivity index (χ3n) is 3.36. The van der Waals surface area contributed by atoms with Crippen LogP contribution in [0.3, 0.4) is 0 Å². The molecule has 0 radical (unpaired) electrons. The monoisotopic (exact) mass is 224 g/mol. The maximum absolute atomic E-state index is 11.7. The third kappa shape index (κ3) is 1.07. The van der Waals surface area contributed by atoms with E-state index in [2.05, 4.69) is 6.58 Å². The molecule has 0 saturated carbocycles. The highest BCUT2D eigenvalue weighted by Gasteiger charge is 2.64. The molecule has 0 unspecified atom stereocenters. The quantitative estimate of drug-likeness (QED) is 0.544. The molecule has 2 N–H and O–H groups in total. The molecule has 1 saturated heterocycles. The molecule has 16 heavy (non-hydrogen) atoms. The van der Waals surface area contributed by atoms with E-state index in [0.29, 0.717) is 0 Å². The van der Waals surface area contributed by atoms with E-state index in [9.17, 15) is 19.8 Å². The lowest BCUT2D eigenvalue weighted by atomic mass is 9.65. The Hall–Kier alpha value is -1.46. The molecule has 5 heteroatoms. The smallest absolute Gasteiger partial charge is 0.324 e.